The maximum absolute atomic E-state index is 12.0. The highest BCUT2D eigenvalue weighted by Crippen LogP contribution is 2.21. The first-order valence-corrected chi connectivity index (χ1v) is 5.97. The van der Waals surface area contributed by atoms with E-state index in [4.69, 9.17) is 15.6 Å². The number of hydrogen-bond acceptors (Lipinski definition) is 4. The van der Waals surface area contributed by atoms with E-state index in [-0.39, 0.29) is 18.6 Å². The third kappa shape index (κ3) is 3.63. The van der Waals surface area contributed by atoms with Crippen molar-refractivity contribution >= 4 is 11.6 Å². The van der Waals surface area contributed by atoms with E-state index in [1.807, 2.05) is 6.92 Å². The minimum Gasteiger partial charge on any atom is -0.495 e. The van der Waals surface area contributed by atoms with E-state index >= 15 is 0 Å². The quantitative estimate of drug-likeness (QED) is 0.663. The van der Waals surface area contributed by atoms with Crippen LogP contribution in [0.5, 0.6) is 5.75 Å². The van der Waals surface area contributed by atoms with Crippen molar-refractivity contribution in [3.63, 3.8) is 0 Å². The molecule has 1 aromatic rings. The number of carbonyl (C=O) groups excluding carboxylic acids is 1. The third-order valence-electron chi connectivity index (χ3n) is 2.80. The number of rotatable bonds is 6. The maximum Gasteiger partial charge on any atom is 0.251 e. The molecule has 5 heteroatoms. The number of amides is 1. The van der Waals surface area contributed by atoms with Gasteiger partial charge in [0, 0.05) is 18.2 Å². The van der Waals surface area contributed by atoms with Crippen LogP contribution in [0.3, 0.4) is 0 Å². The van der Waals surface area contributed by atoms with Gasteiger partial charge in [-0.2, -0.15) is 0 Å². The van der Waals surface area contributed by atoms with Gasteiger partial charge < -0.3 is 20.9 Å². The predicted molar refractivity (Wildman–Crippen MR) is 70.7 cm³/mol. The predicted octanol–water partition coefficient (Wildman–Crippen LogP) is 1.17. The fourth-order valence-electron chi connectivity index (χ4n) is 1.68. The number of nitrogens with one attached hydrogen (secondary N) is 1. The van der Waals surface area contributed by atoms with Crippen LogP contribution in [0.2, 0.25) is 0 Å². The van der Waals surface area contributed by atoms with Gasteiger partial charge in [-0.15, -0.1) is 0 Å². The van der Waals surface area contributed by atoms with Gasteiger partial charge in [0.15, 0.2) is 0 Å². The fraction of sp³-hybridized carbons (Fsp3) is 0.462. The summed E-state index contributed by atoms with van der Waals surface area (Å²) >= 11 is 0. The molecule has 1 rings (SSSR count). The molecule has 0 spiro atoms. The molecule has 0 saturated carbocycles. The molecule has 0 aliphatic heterocycles. The molecule has 0 saturated heterocycles. The summed E-state index contributed by atoms with van der Waals surface area (Å²) in [6, 6.07) is 4.89. The summed E-state index contributed by atoms with van der Waals surface area (Å²) in [5.41, 5.74) is 6.67. The van der Waals surface area contributed by atoms with Crippen LogP contribution in [-0.2, 0) is 0 Å². The first kappa shape index (κ1) is 14.3. The SMILES string of the molecule is CCC(CCO)NC(=O)c1ccc(OC)c(N)c1. The largest absolute Gasteiger partial charge is 0.495 e. The zero-order valence-electron chi connectivity index (χ0n) is 10.8. The summed E-state index contributed by atoms with van der Waals surface area (Å²) in [7, 11) is 1.53. The van der Waals surface area contributed by atoms with E-state index in [0.29, 0.717) is 23.4 Å². The highest BCUT2D eigenvalue weighted by atomic mass is 16.5. The number of benzene rings is 1. The van der Waals surface area contributed by atoms with Crippen LogP contribution in [-0.4, -0.2) is 30.8 Å². The lowest BCUT2D eigenvalue weighted by molar-refractivity contribution is 0.0929. The number of aliphatic hydroxyl groups is 1. The molecular weight excluding hydrogens is 232 g/mol. The second-order valence-corrected chi connectivity index (χ2v) is 4.05. The van der Waals surface area contributed by atoms with Crippen LogP contribution in [0.4, 0.5) is 5.69 Å². The monoisotopic (exact) mass is 252 g/mol. The van der Waals surface area contributed by atoms with Gasteiger partial charge in [0.25, 0.3) is 5.91 Å². The molecule has 0 fully saturated rings. The van der Waals surface area contributed by atoms with E-state index < -0.39 is 0 Å². The van der Waals surface area contributed by atoms with Crippen LogP contribution >= 0.6 is 0 Å². The Bertz CT molecular complexity index is 407. The lowest BCUT2D eigenvalue weighted by Gasteiger charge is -2.16. The third-order valence-corrected chi connectivity index (χ3v) is 2.80. The molecular formula is C13H20N2O3. The molecule has 0 aromatic heterocycles. The Morgan fingerprint density at radius 3 is 2.78 bits per heavy atom. The molecule has 0 bridgehead atoms. The zero-order chi connectivity index (χ0) is 13.5. The lowest BCUT2D eigenvalue weighted by Crippen LogP contribution is -2.35. The van der Waals surface area contributed by atoms with Crippen molar-refractivity contribution in [2.24, 2.45) is 0 Å². The number of hydrogen-bond donors (Lipinski definition) is 3. The van der Waals surface area contributed by atoms with Crippen molar-refractivity contribution in [3.8, 4) is 5.75 Å². The number of methoxy groups -OCH3 is 1. The summed E-state index contributed by atoms with van der Waals surface area (Å²) in [6.45, 7) is 2.02. The normalized spacial score (nSPS) is 11.9. The van der Waals surface area contributed by atoms with Crippen molar-refractivity contribution in [2.45, 2.75) is 25.8 Å². The number of ether oxygens (including phenoxy) is 1. The van der Waals surface area contributed by atoms with Crippen LogP contribution in [0, 0.1) is 0 Å². The van der Waals surface area contributed by atoms with E-state index in [1.54, 1.807) is 18.2 Å². The molecule has 1 unspecified atom stereocenters. The average molecular weight is 252 g/mol. The minimum absolute atomic E-state index is 0.0224. The maximum atomic E-state index is 12.0. The van der Waals surface area contributed by atoms with Gasteiger partial charge in [-0.3, -0.25) is 4.79 Å². The van der Waals surface area contributed by atoms with Crippen molar-refractivity contribution in [1.82, 2.24) is 5.32 Å². The van der Waals surface area contributed by atoms with E-state index in [2.05, 4.69) is 5.32 Å². The number of nitrogens with two attached hydrogens (primary N) is 1. The van der Waals surface area contributed by atoms with Gasteiger partial charge in [0.2, 0.25) is 0 Å². The van der Waals surface area contributed by atoms with Gasteiger partial charge in [-0.05, 0) is 31.0 Å². The second kappa shape index (κ2) is 6.86. The van der Waals surface area contributed by atoms with Gasteiger partial charge >= 0.3 is 0 Å². The highest BCUT2D eigenvalue weighted by molar-refractivity contribution is 5.95. The van der Waals surface area contributed by atoms with Crippen molar-refractivity contribution < 1.29 is 14.6 Å². The molecule has 0 radical (unpaired) electrons. The molecule has 18 heavy (non-hydrogen) atoms. The van der Waals surface area contributed by atoms with E-state index in [9.17, 15) is 4.79 Å². The van der Waals surface area contributed by atoms with Crippen LogP contribution < -0.4 is 15.8 Å². The molecule has 1 amide bonds. The van der Waals surface area contributed by atoms with E-state index in [1.165, 1.54) is 7.11 Å². The van der Waals surface area contributed by atoms with Crippen molar-refractivity contribution in [3.05, 3.63) is 23.8 Å². The van der Waals surface area contributed by atoms with Gasteiger partial charge in [-0.25, -0.2) is 0 Å². The minimum atomic E-state index is -0.190. The summed E-state index contributed by atoms with van der Waals surface area (Å²) < 4.78 is 5.03. The summed E-state index contributed by atoms with van der Waals surface area (Å²) in [5, 5.41) is 11.7. The van der Waals surface area contributed by atoms with Crippen molar-refractivity contribution in [2.75, 3.05) is 19.5 Å². The Morgan fingerprint density at radius 2 is 2.28 bits per heavy atom. The van der Waals surface area contributed by atoms with E-state index in [0.717, 1.165) is 6.42 Å². The summed E-state index contributed by atoms with van der Waals surface area (Å²) in [6.07, 6.45) is 1.33. The zero-order valence-corrected chi connectivity index (χ0v) is 10.8. The molecule has 0 heterocycles. The molecule has 100 valence electrons. The molecule has 1 atom stereocenters. The van der Waals surface area contributed by atoms with Gasteiger partial charge in [0.05, 0.1) is 12.8 Å². The number of aliphatic hydroxyl groups excluding tert-OH is 1. The molecule has 0 aliphatic carbocycles. The fourth-order valence-corrected chi connectivity index (χ4v) is 1.68. The lowest BCUT2D eigenvalue weighted by atomic mass is 10.1. The smallest absolute Gasteiger partial charge is 0.251 e. The molecule has 4 N–H and O–H groups in total. The summed E-state index contributed by atoms with van der Waals surface area (Å²) in [4.78, 5) is 12.0. The second-order valence-electron chi connectivity index (χ2n) is 4.05. The molecule has 0 aliphatic rings. The number of anilines is 1. The standard InChI is InChI=1S/C13H20N2O3/c1-3-10(6-7-16)15-13(17)9-4-5-12(18-2)11(14)8-9/h4-5,8,10,16H,3,6-7,14H2,1-2H3,(H,15,17). The Labute approximate surface area is 107 Å². The Morgan fingerprint density at radius 1 is 1.56 bits per heavy atom. The average Bonchev–Trinajstić information content (AvgIpc) is 2.37. The van der Waals surface area contributed by atoms with Gasteiger partial charge in [0.1, 0.15) is 5.75 Å². The van der Waals surface area contributed by atoms with Crippen LogP contribution in [0.1, 0.15) is 30.1 Å². The Balaban J connectivity index is 2.74. The van der Waals surface area contributed by atoms with Crippen LogP contribution in [0.15, 0.2) is 18.2 Å². The van der Waals surface area contributed by atoms with Gasteiger partial charge in [-0.1, -0.05) is 6.92 Å². The first-order valence-electron chi connectivity index (χ1n) is 5.97. The molecule has 5 nitrogen and oxygen atoms in total. The highest BCUT2D eigenvalue weighted by Gasteiger charge is 2.13. The molecule has 1 aromatic carbocycles. The summed E-state index contributed by atoms with van der Waals surface area (Å²) in [5.74, 6) is 0.360. The van der Waals surface area contributed by atoms with Crippen molar-refractivity contribution in [1.29, 1.82) is 0 Å². The first-order chi connectivity index (χ1) is 8.62. The number of nitrogen functional groups attached to an aromatic ring is 1. The Kier molecular flexibility index (Phi) is 5.45. The number of carbonyl (C=O) groups is 1. The topological polar surface area (TPSA) is 84.6 Å². The Hall–Kier alpha value is -1.75. The van der Waals surface area contributed by atoms with Crippen LogP contribution in [0.25, 0.3) is 0 Å².